The standard InChI is InChI=1S/C44H68O2Si/c1-29-25-39-35(33-21-17-31(18-22-33)27-45-43(3,4)5)13-11-15-37(39)41(29)47(9,10)42-30(2)26-40-36(14-12-16-38(40)42)34-23-19-32(20-24-34)28-46-44(6,7)8/h11,13,15,17-18,21-22,29-30,32,34,36,38,40-42H,12,14,16,19-20,23-28H2,1-10H3. The first kappa shape index (κ1) is 35.4. The normalized spacial score (nSPS) is 33.1. The molecule has 4 aliphatic carbocycles. The van der Waals surface area contributed by atoms with Crippen LogP contribution in [0.1, 0.15) is 129 Å². The van der Waals surface area contributed by atoms with Gasteiger partial charge in [-0.05, 0) is 167 Å². The SMILES string of the molecule is CC1Cc2c(-c3ccc(COC(C)(C)C)cc3)cccc2C1[Si](C)(C)C1C(C)CC2C(C3CCC(COC(C)(C)C)CC3)CCCC21. The van der Waals surface area contributed by atoms with Gasteiger partial charge in [0.05, 0.1) is 32.5 Å². The summed E-state index contributed by atoms with van der Waals surface area (Å²) in [4.78, 5) is 0. The molecule has 2 aromatic carbocycles. The third-order valence-electron chi connectivity index (χ3n) is 13.4. The van der Waals surface area contributed by atoms with E-state index in [2.05, 4.69) is 111 Å². The van der Waals surface area contributed by atoms with Crippen LogP contribution in [0.3, 0.4) is 0 Å². The van der Waals surface area contributed by atoms with E-state index in [1.54, 1.807) is 11.1 Å². The van der Waals surface area contributed by atoms with Gasteiger partial charge in [0, 0.05) is 0 Å². The van der Waals surface area contributed by atoms with Gasteiger partial charge in [-0.1, -0.05) is 82.2 Å². The Hall–Kier alpha value is -1.42. The summed E-state index contributed by atoms with van der Waals surface area (Å²) in [5.41, 5.74) is 9.07. The molecule has 7 unspecified atom stereocenters. The highest BCUT2D eigenvalue weighted by Crippen LogP contribution is 2.63. The summed E-state index contributed by atoms with van der Waals surface area (Å²) in [5, 5.41) is 0. The van der Waals surface area contributed by atoms with E-state index in [9.17, 15) is 0 Å². The summed E-state index contributed by atoms with van der Waals surface area (Å²) in [5.74, 6) is 6.28. The van der Waals surface area contributed by atoms with E-state index in [0.29, 0.717) is 6.61 Å². The molecule has 0 aliphatic heterocycles. The molecule has 47 heavy (non-hydrogen) atoms. The molecule has 6 rings (SSSR count). The fourth-order valence-electron chi connectivity index (χ4n) is 11.7. The monoisotopic (exact) mass is 656 g/mol. The summed E-state index contributed by atoms with van der Waals surface area (Å²) in [6.45, 7) is 25.6. The Kier molecular flexibility index (Phi) is 10.3. The Balaban J connectivity index is 1.18. The van der Waals surface area contributed by atoms with Crippen LogP contribution in [-0.2, 0) is 22.5 Å². The molecule has 7 atom stereocenters. The molecule has 260 valence electrons. The van der Waals surface area contributed by atoms with Crippen molar-refractivity contribution < 1.29 is 9.47 Å². The van der Waals surface area contributed by atoms with Crippen molar-refractivity contribution in [1.82, 2.24) is 0 Å². The van der Waals surface area contributed by atoms with Crippen molar-refractivity contribution in [2.24, 2.45) is 41.4 Å². The molecular weight excluding hydrogens is 589 g/mol. The number of hydrogen-bond donors (Lipinski definition) is 0. The topological polar surface area (TPSA) is 18.5 Å². The molecule has 0 aromatic heterocycles. The fourth-order valence-corrected chi connectivity index (χ4v) is 17.9. The first-order chi connectivity index (χ1) is 22.1. The molecule has 0 N–H and O–H groups in total. The van der Waals surface area contributed by atoms with Crippen molar-refractivity contribution >= 4 is 8.07 Å². The first-order valence-electron chi connectivity index (χ1n) is 19.6. The lowest BCUT2D eigenvalue weighted by Crippen LogP contribution is -2.46. The minimum Gasteiger partial charge on any atom is -0.376 e. The summed E-state index contributed by atoms with van der Waals surface area (Å²) < 4.78 is 12.3. The Morgan fingerprint density at radius 1 is 0.723 bits per heavy atom. The molecule has 3 fully saturated rings. The van der Waals surface area contributed by atoms with Gasteiger partial charge in [0.15, 0.2) is 0 Å². The van der Waals surface area contributed by atoms with Crippen LogP contribution in [0.2, 0.25) is 18.6 Å². The van der Waals surface area contributed by atoms with E-state index < -0.39 is 8.07 Å². The predicted molar refractivity (Wildman–Crippen MR) is 203 cm³/mol. The molecular formula is C44H68O2Si. The van der Waals surface area contributed by atoms with Gasteiger partial charge in [0.2, 0.25) is 0 Å². The van der Waals surface area contributed by atoms with Crippen LogP contribution < -0.4 is 0 Å². The number of hydrogen-bond acceptors (Lipinski definition) is 2. The predicted octanol–water partition coefficient (Wildman–Crippen LogP) is 12.3. The summed E-state index contributed by atoms with van der Waals surface area (Å²) in [7, 11) is -1.64. The lowest BCUT2D eigenvalue weighted by molar-refractivity contribution is -0.0341. The van der Waals surface area contributed by atoms with Crippen LogP contribution in [0.15, 0.2) is 42.5 Å². The van der Waals surface area contributed by atoms with Gasteiger partial charge in [0.25, 0.3) is 0 Å². The fraction of sp³-hybridized carbons (Fsp3) is 0.727. The largest absolute Gasteiger partial charge is 0.376 e. The highest BCUT2D eigenvalue weighted by molar-refractivity contribution is 6.80. The van der Waals surface area contributed by atoms with Gasteiger partial charge in [-0.2, -0.15) is 0 Å². The van der Waals surface area contributed by atoms with Crippen LogP contribution in [0, 0.1) is 41.4 Å². The molecule has 3 heteroatoms. The average Bonchev–Trinajstić information content (AvgIpc) is 3.55. The molecule has 2 nitrogen and oxygen atoms in total. The summed E-state index contributed by atoms with van der Waals surface area (Å²) in [6, 6.07) is 16.6. The van der Waals surface area contributed by atoms with Crippen LogP contribution in [-0.4, -0.2) is 25.9 Å². The van der Waals surface area contributed by atoms with Crippen molar-refractivity contribution in [3.8, 4) is 11.1 Å². The molecule has 0 amide bonds. The Labute approximate surface area is 290 Å². The van der Waals surface area contributed by atoms with E-state index in [1.165, 1.54) is 74.5 Å². The second-order valence-electron chi connectivity index (χ2n) is 19.3. The lowest BCUT2D eigenvalue weighted by atomic mass is 9.64. The minimum absolute atomic E-state index is 0.00871. The third-order valence-corrected chi connectivity index (χ3v) is 18.6. The summed E-state index contributed by atoms with van der Waals surface area (Å²) >= 11 is 0. The quantitative estimate of drug-likeness (QED) is 0.263. The summed E-state index contributed by atoms with van der Waals surface area (Å²) in [6.07, 6.45) is 12.9. The van der Waals surface area contributed by atoms with Crippen LogP contribution >= 0.6 is 0 Å². The van der Waals surface area contributed by atoms with Crippen molar-refractivity contribution in [1.29, 1.82) is 0 Å². The number of fused-ring (bicyclic) bond motifs is 2. The van der Waals surface area contributed by atoms with Gasteiger partial charge < -0.3 is 9.47 Å². The van der Waals surface area contributed by atoms with Gasteiger partial charge in [-0.25, -0.2) is 0 Å². The van der Waals surface area contributed by atoms with Crippen LogP contribution in [0.4, 0.5) is 0 Å². The third kappa shape index (κ3) is 7.68. The van der Waals surface area contributed by atoms with Crippen LogP contribution in [0.5, 0.6) is 0 Å². The molecule has 0 bridgehead atoms. The van der Waals surface area contributed by atoms with Crippen molar-refractivity contribution in [2.75, 3.05) is 6.61 Å². The molecule has 0 saturated heterocycles. The van der Waals surface area contributed by atoms with E-state index >= 15 is 0 Å². The molecule has 0 spiro atoms. The number of ether oxygens (including phenoxy) is 2. The van der Waals surface area contributed by atoms with Crippen molar-refractivity contribution in [3.05, 3.63) is 59.2 Å². The van der Waals surface area contributed by atoms with Crippen molar-refractivity contribution in [3.63, 3.8) is 0 Å². The highest BCUT2D eigenvalue weighted by atomic mass is 28.3. The van der Waals surface area contributed by atoms with Gasteiger partial charge in [0.1, 0.15) is 0 Å². The van der Waals surface area contributed by atoms with E-state index in [0.717, 1.165) is 59.1 Å². The van der Waals surface area contributed by atoms with Crippen molar-refractivity contribution in [2.45, 2.75) is 155 Å². The maximum Gasteiger partial charge on any atom is 0.0724 e. The lowest BCUT2D eigenvalue weighted by Gasteiger charge is -2.47. The average molecular weight is 657 g/mol. The smallest absolute Gasteiger partial charge is 0.0724 e. The Bertz CT molecular complexity index is 1340. The number of benzene rings is 2. The molecule has 0 heterocycles. The van der Waals surface area contributed by atoms with Gasteiger partial charge in [-0.3, -0.25) is 0 Å². The second kappa shape index (κ2) is 13.7. The Morgan fingerprint density at radius 2 is 1.38 bits per heavy atom. The second-order valence-corrected chi connectivity index (χ2v) is 24.2. The maximum atomic E-state index is 6.22. The van der Waals surface area contributed by atoms with E-state index in [1.807, 2.05) is 0 Å². The minimum atomic E-state index is -1.64. The van der Waals surface area contributed by atoms with E-state index in [-0.39, 0.29) is 11.2 Å². The maximum absolute atomic E-state index is 6.22. The zero-order valence-electron chi connectivity index (χ0n) is 31.8. The first-order valence-corrected chi connectivity index (χ1v) is 22.8. The van der Waals surface area contributed by atoms with Gasteiger partial charge in [-0.15, -0.1) is 0 Å². The highest BCUT2D eigenvalue weighted by Gasteiger charge is 2.57. The van der Waals surface area contributed by atoms with Crippen LogP contribution in [0.25, 0.3) is 11.1 Å². The van der Waals surface area contributed by atoms with E-state index in [4.69, 9.17) is 9.47 Å². The van der Waals surface area contributed by atoms with Gasteiger partial charge >= 0.3 is 0 Å². The molecule has 4 aliphatic rings. The zero-order chi connectivity index (χ0) is 33.7. The number of rotatable bonds is 8. The molecule has 0 radical (unpaired) electrons. The molecule has 3 saturated carbocycles. The zero-order valence-corrected chi connectivity index (χ0v) is 32.8. The Morgan fingerprint density at radius 3 is 2.04 bits per heavy atom. The molecule has 2 aromatic rings.